The van der Waals surface area contributed by atoms with Crippen molar-refractivity contribution in [2.24, 2.45) is 29.6 Å². The van der Waals surface area contributed by atoms with Gasteiger partial charge in [-0.2, -0.15) is 4.98 Å². The van der Waals surface area contributed by atoms with Crippen molar-refractivity contribution in [3.63, 3.8) is 0 Å². The summed E-state index contributed by atoms with van der Waals surface area (Å²) < 4.78 is 2.33. The standard InChI is InChI=1S/C30H42N6O2/c1-3-20-11-13-21(14-12-20)17-36-25-26(31-19(2)22-9-6-10-22)32-28(29(37)38)33-27(25)34-30(36)35-16-15-23-7-4-5-8-24(23)18-35/h1,19-24H,4-18H2,2H3,(H,37,38)(H,31,32,33)/t19-,20-,21-,23?,24?/m1/s1. The van der Waals surface area contributed by atoms with Crippen molar-refractivity contribution in [3.05, 3.63) is 5.82 Å². The van der Waals surface area contributed by atoms with Crippen LogP contribution < -0.4 is 10.2 Å². The molecule has 4 fully saturated rings. The third-order valence-corrected chi connectivity index (χ3v) is 10.1. The quantitative estimate of drug-likeness (QED) is 0.462. The lowest BCUT2D eigenvalue weighted by atomic mass is 9.75. The zero-order valence-electron chi connectivity index (χ0n) is 22.7. The minimum atomic E-state index is -1.11. The molecule has 3 atom stereocenters. The molecule has 3 saturated carbocycles. The first-order valence-electron chi connectivity index (χ1n) is 15.0. The number of carboxylic acid groups (broad SMARTS) is 1. The van der Waals surface area contributed by atoms with Gasteiger partial charge in [0.15, 0.2) is 11.5 Å². The first-order chi connectivity index (χ1) is 18.5. The smallest absolute Gasteiger partial charge is 0.374 e. The number of fused-ring (bicyclic) bond motifs is 2. The number of carbonyl (C=O) groups is 1. The summed E-state index contributed by atoms with van der Waals surface area (Å²) >= 11 is 0. The lowest BCUT2D eigenvalue weighted by molar-refractivity contribution is 0.0684. The second-order valence-corrected chi connectivity index (χ2v) is 12.4. The summed E-state index contributed by atoms with van der Waals surface area (Å²) in [6.07, 6.45) is 20.3. The molecule has 1 saturated heterocycles. The van der Waals surface area contributed by atoms with Gasteiger partial charge in [0.25, 0.3) is 0 Å². The molecule has 0 amide bonds. The van der Waals surface area contributed by atoms with E-state index in [0.717, 1.165) is 62.7 Å². The molecule has 38 heavy (non-hydrogen) atoms. The number of nitrogens with zero attached hydrogens (tertiary/aromatic N) is 5. The third-order valence-electron chi connectivity index (χ3n) is 10.1. The maximum absolute atomic E-state index is 12.0. The number of nitrogens with one attached hydrogen (secondary N) is 1. The van der Waals surface area contributed by atoms with Crippen molar-refractivity contribution >= 4 is 28.9 Å². The Balaban J connectivity index is 1.39. The van der Waals surface area contributed by atoms with E-state index in [4.69, 9.17) is 11.4 Å². The van der Waals surface area contributed by atoms with Crippen LogP contribution in [0.3, 0.4) is 0 Å². The van der Waals surface area contributed by atoms with Crippen molar-refractivity contribution in [2.45, 2.75) is 96.6 Å². The first-order valence-corrected chi connectivity index (χ1v) is 15.0. The van der Waals surface area contributed by atoms with Gasteiger partial charge in [-0.1, -0.05) is 25.7 Å². The number of piperidine rings is 1. The summed E-state index contributed by atoms with van der Waals surface area (Å²) in [5.41, 5.74) is 1.36. The molecule has 4 aliphatic rings. The van der Waals surface area contributed by atoms with Crippen LogP contribution in [0, 0.1) is 41.9 Å². The van der Waals surface area contributed by atoms with E-state index in [2.05, 4.69) is 37.6 Å². The largest absolute Gasteiger partial charge is 0.475 e. The van der Waals surface area contributed by atoms with E-state index in [1.807, 2.05) is 0 Å². The average Bonchev–Trinajstić information content (AvgIpc) is 3.26. The molecule has 6 rings (SSSR count). The van der Waals surface area contributed by atoms with Gasteiger partial charge in [-0.05, 0) is 82.0 Å². The van der Waals surface area contributed by atoms with Crippen molar-refractivity contribution in [3.8, 4) is 12.3 Å². The van der Waals surface area contributed by atoms with Crippen LogP contribution in [-0.4, -0.2) is 49.7 Å². The first kappa shape index (κ1) is 25.5. The fourth-order valence-electron chi connectivity index (χ4n) is 7.46. The number of hydrogen-bond donors (Lipinski definition) is 2. The summed E-state index contributed by atoms with van der Waals surface area (Å²) in [6.45, 7) is 5.05. The van der Waals surface area contributed by atoms with Crippen LogP contribution in [0.4, 0.5) is 11.8 Å². The topological polar surface area (TPSA) is 96.2 Å². The normalized spacial score (nSPS) is 28.8. The molecule has 8 heteroatoms. The number of imidazole rings is 1. The van der Waals surface area contributed by atoms with E-state index in [1.54, 1.807) is 0 Å². The van der Waals surface area contributed by atoms with Crippen LogP contribution in [0.25, 0.3) is 11.2 Å². The highest BCUT2D eigenvalue weighted by Crippen LogP contribution is 2.40. The number of terminal acetylenes is 1. The summed E-state index contributed by atoms with van der Waals surface area (Å²) in [4.78, 5) is 28.5. The lowest BCUT2D eigenvalue weighted by Crippen LogP contribution is -2.43. The maximum atomic E-state index is 12.0. The van der Waals surface area contributed by atoms with Gasteiger partial charge in [-0.3, -0.25) is 0 Å². The van der Waals surface area contributed by atoms with Gasteiger partial charge < -0.3 is 19.9 Å². The van der Waals surface area contributed by atoms with Gasteiger partial charge in [0, 0.05) is 31.6 Å². The third kappa shape index (κ3) is 4.97. The lowest BCUT2D eigenvalue weighted by Gasteiger charge is -2.42. The van der Waals surface area contributed by atoms with E-state index < -0.39 is 5.97 Å². The number of aromatic nitrogens is 4. The van der Waals surface area contributed by atoms with E-state index in [1.165, 1.54) is 51.4 Å². The van der Waals surface area contributed by atoms with Crippen molar-refractivity contribution < 1.29 is 9.90 Å². The highest BCUT2D eigenvalue weighted by molar-refractivity contribution is 5.91. The molecule has 2 N–H and O–H groups in total. The van der Waals surface area contributed by atoms with E-state index in [9.17, 15) is 9.90 Å². The van der Waals surface area contributed by atoms with Crippen molar-refractivity contribution in [1.82, 2.24) is 19.5 Å². The Bertz CT molecular complexity index is 1210. The Morgan fingerprint density at radius 2 is 1.79 bits per heavy atom. The molecule has 2 unspecified atom stereocenters. The van der Waals surface area contributed by atoms with Gasteiger partial charge >= 0.3 is 5.97 Å². The van der Waals surface area contributed by atoms with Crippen molar-refractivity contribution in [1.29, 1.82) is 0 Å². The number of carboxylic acids is 1. The monoisotopic (exact) mass is 518 g/mol. The van der Waals surface area contributed by atoms with E-state index >= 15 is 0 Å². The zero-order valence-corrected chi connectivity index (χ0v) is 22.7. The molecule has 0 aromatic carbocycles. The van der Waals surface area contributed by atoms with Crippen LogP contribution in [-0.2, 0) is 6.54 Å². The Hall–Kier alpha value is -2.82. The molecule has 2 aromatic heterocycles. The van der Waals surface area contributed by atoms with Crippen LogP contribution in [0.1, 0.15) is 94.6 Å². The fraction of sp³-hybridized carbons (Fsp3) is 0.733. The molecule has 2 aromatic rings. The molecule has 8 nitrogen and oxygen atoms in total. The summed E-state index contributed by atoms with van der Waals surface area (Å²) in [7, 11) is 0. The summed E-state index contributed by atoms with van der Waals surface area (Å²) in [5.74, 6) is 6.26. The highest BCUT2D eigenvalue weighted by Gasteiger charge is 2.35. The van der Waals surface area contributed by atoms with Crippen LogP contribution >= 0.6 is 0 Å². The summed E-state index contributed by atoms with van der Waals surface area (Å²) in [6, 6.07) is 0.222. The number of rotatable bonds is 7. The molecular weight excluding hydrogens is 476 g/mol. The predicted octanol–water partition coefficient (Wildman–Crippen LogP) is 5.58. The Labute approximate surface area is 226 Å². The van der Waals surface area contributed by atoms with E-state index in [-0.39, 0.29) is 11.9 Å². The fourth-order valence-corrected chi connectivity index (χ4v) is 7.46. The highest BCUT2D eigenvalue weighted by atomic mass is 16.4. The van der Waals surface area contributed by atoms with Crippen LogP contribution in [0.2, 0.25) is 0 Å². The number of anilines is 2. The van der Waals surface area contributed by atoms with E-state index in [0.29, 0.717) is 35.1 Å². The van der Waals surface area contributed by atoms with Crippen molar-refractivity contribution in [2.75, 3.05) is 23.3 Å². The molecule has 1 aliphatic heterocycles. The summed E-state index contributed by atoms with van der Waals surface area (Å²) in [5, 5.41) is 13.4. The number of aromatic carboxylic acids is 1. The second kappa shape index (κ2) is 10.7. The van der Waals surface area contributed by atoms with Crippen LogP contribution in [0.15, 0.2) is 0 Å². The van der Waals surface area contributed by atoms with Gasteiger partial charge in [0.2, 0.25) is 11.8 Å². The molecule has 3 aliphatic carbocycles. The van der Waals surface area contributed by atoms with Gasteiger partial charge in [-0.15, -0.1) is 12.3 Å². The Kier molecular flexibility index (Phi) is 7.20. The zero-order chi connectivity index (χ0) is 26.2. The van der Waals surface area contributed by atoms with Gasteiger partial charge in [-0.25, -0.2) is 14.8 Å². The molecule has 204 valence electrons. The van der Waals surface area contributed by atoms with Crippen LogP contribution in [0.5, 0.6) is 0 Å². The molecule has 0 radical (unpaired) electrons. The van der Waals surface area contributed by atoms with Gasteiger partial charge in [0.1, 0.15) is 5.52 Å². The molecule has 0 spiro atoms. The minimum Gasteiger partial charge on any atom is -0.475 e. The second-order valence-electron chi connectivity index (χ2n) is 12.4. The minimum absolute atomic E-state index is 0.183. The van der Waals surface area contributed by atoms with Gasteiger partial charge in [0.05, 0.1) is 0 Å². The average molecular weight is 519 g/mol. The number of hydrogen-bond acceptors (Lipinski definition) is 6. The predicted molar refractivity (Wildman–Crippen MR) is 149 cm³/mol. The molecular formula is C30H42N6O2. The Morgan fingerprint density at radius 1 is 1.03 bits per heavy atom. The molecule has 0 bridgehead atoms. The Morgan fingerprint density at radius 3 is 2.47 bits per heavy atom. The maximum Gasteiger partial charge on any atom is 0.374 e. The molecule has 3 heterocycles. The SMILES string of the molecule is C#C[C@H]1CC[C@H](Cn2c(N3CCC4CCCCC4C3)nc3nc(C(=O)O)nc(N[C@H](C)C4CCC4)c32)CC1.